The van der Waals surface area contributed by atoms with Crippen LogP contribution in [0.25, 0.3) is 0 Å². The van der Waals surface area contributed by atoms with Crippen LogP contribution in [0, 0.1) is 18.6 Å². The van der Waals surface area contributed by atoms with Crippen LogP contribution < -0.4 is 5.73 Å². The number of nitrogen functional groups attached to an aromatic ring is 1. The monoisotopic (exact) mass is 252 g/mol. The van der Waals surface area contributed by atoms with Crippen LogP contribution in [0.3, 0.4) is 0 Å². The smallest absolute Gasteiger partial charge is 0.140 e. The fourth-order valence-corrected chi connectivity index (χ4v) is 2.18. The predicted molar refractivity (Wildman–Crippen MR) is 63.9 cm³/mol. The van der Waals surface area contributed by atoms with E-state index in [2.05, 4.69) is 4.98 Å². The summed E-state index contributed by atoms with van der Waals surface area (Å²) in [5.41, 5.74) is 7.00. The minimum Gasteiger partial charge on any atom is -0.397 e. The number of aromatic nitrogens is 1. The molecule has 17 heavy (non-hydrogen) atoms. The molecule has 0 aliphatic rings. The van der Waals surface area contributed by atoms with Gasteiger partial charge in [-0.2, -0.15) is 0 Å². The second-order valence-electron chi connectivity index (χ2n) is 3.57. The molecule has 0 aliphatic carbocycles. The molecular formula is C12H10F2N2S. The normalized spacial score (nSPS) is 10.5. The van der Waals surface area contributed by atoms with Gasteiger partial charge >= 0.3 is 0 Å². The highest BCUT2D eigenvalue weighted by Gasteiger charge is 2.08. The highest BCUT2D eigenvalue weighted by molar-refractivity contribution is 7.99. The number of pyridine rings is 1. The van der Waals surface area contributed by atoms with Gasteiger partial charge in [0.1, 0.15) is 16.7 Å². The van der Waals surface area contributed by atoms with E-state index in [0.717, 1.165) is 23.4 Å². The van der Waals surface area contributed by atoms with Crippen LogP contribution in [0.2, 0.25) is 0 Å². The third kappa shape index (κ3) is 2.74. The molecule has 0 bridgehead atoms. The Kier molecular flexibility index (Phi) is 3.28. The van der Waals surface area contributed by atoms with Crippen molar-refractivity contribution < 1.29 is 8.78 Å². The average Bonchev–Trinajstić information content (AvgIpc) is 2.25. The molecule has 0 saturated heterocycles. The molecule has 0 fully saturated rings. The molecule has 2 aromatic rings. The first-order valence-corrected chi connectivity index (χ1v) is 5.73. The van der Waals surface area contributed by atoms with Crippen LogP contribution in [0.15, 0.2) is 40.4 Å². The fraction of sp³-hybridized carbons (Fsp3) is 0.0833. The lowest BCUT2D eigenvalue weighted by Gasteiger charge is -2.06. The number of nitrogens with zero attached hydrogens (tertiary/aromatic N) is 1. The second-order valence-corrected chi connectivity index (χ2v) is 4.60. The summed E-state index contributed by atoms with van der Waals surface area (Å²) in [6.45, 7) is 1.84. The van der Waals surface area contributed by atoms with Gasteiger partial charge in [0.25, 0.3) is 0 Å². The Labute approximate surface area is 102 Å². The number of benzene rings is 1. The lowest BCUT2D eigenvalue weighted by molar-refractivity contribution is 0.565. The summed E-state index contributed by atoms with van der Waals surface area (Å²) in [7, 11) is 0. The molecule has 1 heterocycles. The van der Waals surface area contributed by atoms with Gasteiger partial charge in [0.2, 0.25) is 0 Å². The molecule has 0 saturated carbocycles. The van der Waals surface area contributed by atoms with E-state index in [1.807, 2.05) is 6.92 Å². The Hall–Kier alpha value is -1.62. The summed E-state index contributed by atoms with van der Waals surface area (Å²) in [4.78, 5) is 4.45. The van der Waals surface area contributed by atoms with Crippen molar-refractivity contribution in [1.82, 2.24) is 4.98 Å². The van der Waals surface area contributed by atoms with Crippen molar-refractivity contribution in [1.29, 1.82) is 0 Å². The van der Waals surface area contributed by atoms with E-state index in [0.29, 0.717) is 15.6 Å². The first kappa shape index (κ1) is 11.9. The van der Waals surface area contributed by atoms with E-state index >= 15 is 0 Å². The molecule has 5 heteroatoms. The molecule has 1 aromatic heterocycles. The van der Waals surface area contributed by atoms with Crippen LogP contribution >= 0.6 is 11.8 Å². The Morgan fingerprint density at radius 1 is 1.24 bits per heavy atom. The quantitative estimate of drug-likeness (QED) is 0.890. The molecule has 0 radical (unpaired) electrons. The van der Waals surface area contributed by atoms with E-state index in [1.165, 1.54) is 18.3 Å². The van der Waals surface area contributed by atoms with E-state index in [1.54, 1.807) is 6.07 Å². The van der Waals surface area contributed by atoms with Crippen molar-refractivity contribution in [3.8, 4) is 0 Å². The third-order valence-electron chi connectivity index (χ3n) is 2.15. The Morgan fingerprint density at radius 3 is 2.65 bits per heavy atom. The maximum absolute atomic E-state index is 13.4. The zero-order chi connectivity index (χ0) is 12.4. The first-order valence-electron chi connectivity index (χ1n) is 4.91. The Morgan fingerprint density at radius 2 is 2.00 bits per heavy atom. The van der Waals surface area contributed by atoms with Crippen molar-refractivity contribution in [2.24, 2.45) is 0 Å². The van der Waals surface area contributed by atoms with Crippen LogP contribution in [0.1, 0.15) is 5.56 Å². The Balaban J connectivity index is 2.31. The minimum atomic E-state index is -0.590. The van der Waals surface area contributed by atoms with Gasteiger partial charge in [0.15, 0.2) is 0 Å². The summed E-state index contributed by atoms with van der Waals surface area (Å²) >= 11 is 1.15. The van der Waals surface area contributed by atoms with Crippen LogP contribution in [0.5, 0.6) is 0 Å². The number of halogens is 2. The number of anilines is 1. The van der Waals surface area contributed by atoms with Gasteiger partial charge in [-0.05, 0) is 30.7 Å². The standard InChI is InChI=1S/C12H10F2N2S/c1-7-4-9(15)6-16-12(7)17-11-3-2-8(13)5-10(11)14/h2-6H,15H2,1H3. The molecular weight excluding hydrogens is 242 g/mol. The van der Waals surface area contributed by atoms with Crippen LogP contribution in [-0.4, -0.2) is 4.98 Å². The predicted octanol–water partition coefficient (Wildman–Crippen LogP) is 3.40. The highest BCUT2D eigenvalue weighted by atomic mass is 32.2. The first-order chi connectivity index (χ1) is 8.06. The minimum absolute atomic E-state index is 0.340. The number of hydrogen-bond donors (Lipinski definition) is 1. The van der Waals surface area contributed by atoms with Gasteiger partial charge in [0, 0.05) is 11.0 Å². The van der Waals surface area contributed by atoms with E-state index in [-0.39, 0.29) is 0 Å². The molecule has 2 rings (SSSR count). The SMILES string of the molecule is Cc1cc(N)cnc1Sc1ccc(F)cc1F. The number of nitrogens with two attached hydrogens (primary N) is 1. The second kappa shape index (κ2) is 4.71. The average molecular weight is 252 g/mol. The van der Waals surface area contributed by atoms with Gasteiger partial charge in [0.05, 0.1) is 11.9 Å². The molecule has 0 amide bonds. The van der Waals surface area contributed by atoms with Crippen LogP contribution in [0.4, 0.5) is 14.5 Å². The molecule has 0 aliphatic heterocycles. The largest absolute Gasteiger partial charge is 0.397 e. The van der Waals surface area contributed by atoms with Gasteiger partial charge in [-0.3, -0.25) is 0 Å². The fourth-order valence-electron chi connectivity index (χ4n) is 1.35. The van der Waals surface area contributed by atoms with Gasteiger partial charge < -0.3 is 5.73 Å². The number of aryl methyl sites for hydroxylation is 1. The maximum atomic E-state index is 13.4. The number of rotatable bonds is 2. The number of hydrogen-bond acceptors (Lipinski definition) is 3. The summed E-state index contributed by atoms with van der Waals surface area (Å²) in [5.74, 6) is -1.18. The summed E-state index contributed by atoms with van der Waals surface area (Å²) in [5, 5.41) is 0.657. The van der Waals surface area contributed by atoms with Crippen molar-refractivity contribution in [3.05, 3.63) is 47.7 Å². The lowest BCUT2D eigenvalue weighted by Crippen LogP contribution is -1.92. The zero-order valence-electron chi connectivity index (χ0n) is 9.08. The molecule has 2 N–H and O–H groups in total. The molecule has 88 valence electrons. The molecule has 0 unspecified atom stereocenters. The van der Waals surface area contributed by atoms with Crippen molar-refractivity contribution in [2.45, 2.75) is 16.8 Å². The summed E-state index contributed by atoms with van der Waals surface area (Å²) in [6.07, 6.45) is 1.51. The summed E-state index contributed by atoms with van der Waals surface area (Å²) < 4.78 is 26.2. The molecule has 0 atom stereocenters. The highest BCUT2D eigenvalue weighted by Crippen LogP contribution is 2.31. The Bertz CT molecular complexity index is 509. The van der Waals surface area contributed by atoms with Crippen LogP contribution in [-0.2, 0) is 0 Å². The lowest BCUT2D eigenvalue weighted by atomic mass is 10.3. The van der Waals surface area contributed by atoms with E-state index in [4.69, 9.17) is 5.73 Å². The van der Waals surface area contributed by atoms with Crippen molar-refractivity contribution in [3.63, 3.8) is 0 Å². The van der Waals surface area contributed by atoms with Crippen molar-refractivity contribution >= 4 is 17.4 Å². The molecule has 1 aromatic carbocycles. The van der Waals surface area contributed by atoms with Gasteiger partial charge in [-0.1, -0.05) is 11.8 Å². The van der Waals surface area contributed by atoms with E-state index < -0.39 is 11.6 Å². The van der Waals surface area contributed by atoms with Gasteiger partial charge in [-0.15, -0.1) is 0 Å². The van der Waals surface area contributed by atoms with Gasteiger partial charge in [-0.25, -0.2) is 13.8 Å². The molecule has 2 nitrogen and oxygen atoms in total. The zero-order valence-corrected chi connectivity index (χ0v) is 9.89. The summed E-state index contributed by atoms with van der Waals surface area (Å²) in [6, 6.07) is 5.23. The maximum Gasteiger partial charge on any atom is 0.140 e. The third-order valence-corrected chi connectivity index (χ3v) is 3.32. The van der Waals surface area contributed by atoms with Crippen molar-refractivity contribution in [2.75, 3.05) is 5.73 Å². The molecule has 0 spiro atoms. The topological polar surface area (TPSA) is 38.9 Å². The van der Waals surface area contributed by atoms with E-state index in [9.17, 15) is 8.78 Å².